The van der Waals surface area contributed by atoms with Gasteiger partial charge in [0.25, 0.3) is 0 Å². The molecule has 4 rings (SSSR count). The zero-order valence-electron chi connectivity index (χ0n) is 21.7. The van der Waals surface area contributed by atoms with E-state index in [2.05, 4.69) is 36.6 Å². The van der Waals surface area contributed by atoms with Crippen LogP contribution in [-0.4, -0.2) is 86.7 Å². The van der Waals surface area contributed by atoms with Crippen LogP contribution in [0.15, 0.2) is 47.5 Å². The highest BCUT2D eigenvalue weighted by atomic mass is 16.4. The average Bonchev–Trinajstić information content (AvgIpc) is 3.27. The van der Waals surface area contributed by atoms with Crippen molar-refractivity contribution in [1.82, 2.24) is 26.3 Å². The molecular formula is C26H33N7O7. The SMILES string of the molecule is CC(NC(CNC(=O)CNC(O)c1cc(O)cc(NC2=NCC(O)CN2)c1)C(=O)O)c1[nH]c2ccccc2c1O. The number of phenols is 1. The van der Waals surface area contributed by atoms with Crippen molar-refractivity contribution in [3.63, 3.8) is 0 Å². The van der Waals surface area contributed by atoms with Crippen molar-refractivity contribution >= 4 is 34.4 Å². The van der Waals surface area contributed by atoms with Crippen molar-refractivity contribution in [2.45, 2.75) is 31.3 Å². The molecule has 0 bridgehead atoms. The second kappa shape index (κ2) is 12.7. The van der Waals surface area contributed by atoms with Crippen molar-refractivity contribution < 1.29 is 35.1 Å². The number of benzene rings is 2. The zero-order chi connectivity index (χ0) is 28.8. The number of aliphatic imine (C=N–C) groups is 1. The van der Waals surface area contributed by atoms with E-state index >= 15 is 0 Å². The molecule has 0 saturated heterocycles. The summed E-state index contributed by atoms with van der Waals surface area (Å²) in [5, 5.41) is 64.8. The monoisotopic (exact) mass is 555 g/mol. The van der Waals surface area contributed by atoms with Crippen LogP contribution in [-0.2, 0) is 9.59 Å². The molecular weight excluding hydrogens is 522 g/mol. The number of rotatable bonds is 11. The molecule has 11 N–H and O–H groups in total. The van der Waals surface area contributed by atoms with Crippen molar-refractivity contribution in [3.05, 3.63) is 53.7 Å². The molecule has 1 amide bonds. The van der Waals surface area contributed by atoms with E-state index in [1.54, 1.807) is 31.2 Å². The quantitative estimate of drug-likeness (QED) is 0.139. The minimum Gasteiger partial charge on any atom is -0.508 e. The summed E-state index contributed by atoms with van der Waals surface area (Å²) in [6.07, 6.45) is -1.90. The van der Waals surface area contributed by atoms with E-state index in [0.717, 1.165) is 0 Å². The van der Waals surface area contributed by atoms with E-state index < -0.39 is 36.3 Å². The lowest BCUT2D eigenvalue weighted by Crippen LogP contribution is -2.48. The van der Waals surface area contributed by atoms with Crippen LogP contribution in [0.25, 0.3) is 10.9 Å². The first-order valence-corrected chi connectivity index (χ1v) is 12.6. The van der Waals surface area contributed by atoms with Gasteiger partial charge in [-0.2, -0.15) is 0 Å². The van der Waals surface area contributed by atoms with E-state index in [-0.39, 0.29) is 36.7 Å². The lowest BCUT2D eigenvalue weighted by Gasteiger charge is -2.21. The number of fused-ring (bicyclic) bond motifs is 1. The first-order valence-electron chi connectivity index (χ1n) is 12.6. The molecule has 3 aromatic rings. The summed E-state index contributed by atoms with van der Waals surface area (Å²) in [6.45, 7) is 1.65. The lowest BCUT2D eigenvalue weighted by atomic mass is 10.1. The van der Waals surface area contributed by atoms with Crippen molar-refractivity contribution in [2.24, 2.45) is 4.99 Å². The number of β-amino-alcohol motifs (C(OH)–C–C–N with tert-alkyl or cyclic N) is 1. The normalized spacial score (nSPS) is 17.4. The maximum atomic E-state index is 12.4. The summed E-state index contributed by atoms with van der Waals surface area (Å²) in [7, 11) is 0. The molecule has 4 unspecified atom stereocenters. The topological polar surface area (TPSA) is 224 Å². The standard InChI is InChI=1S/C26H33N7O7/c1-13(22-23(37)18-4-2-3-5-19(18)33-22)31-20(25(39)40)11-27-21(36)12-28-24(38)14-6-15(8-16(34)7-14)32-26-29-9-17(35)10-30-26/h2-8,13,17,20,24,28,31,33-35,37-38H,9-12H2,1H3,(H,27,36)(H,39,40)(H2,29,30,32). The van der Waals surface area contributed by atoms with Crippen LogP contribution in [0.5, 0.6) is 11.5 Å². The number of carboxylic acid groups (broad SMARTS) is 1. The van der Waals surface area contributed by atoms with Gasteiger partial charge < -0.3 is 46.5 Å². The third-order valence-corrected chi connectivity index (χ3v) is 6.33. The first kappa shape index (κ1) is 28.6. The molecule has 4 atom stereocenters. The Morgan fingerprint density at radius 2 is 1.95 bits per heavy atom. The largest absolute Gasteiger partial charge is 0.508 e. The molecule has 1 aliphatic heterocycles. The number of nitrogens with one attached hydrogen (secondary N) is 6. The van der Waals surface area contributed by atoms with Crippen LogP contribution in [0.2, 0.25) is 0 Å². The van der Waals surface area contributed by atoms with Gasteiger partial charge in [0, 0.05) is 47.4 Å². The Labute approximate surface area is 229 Å². The first-order chi connectivity index (χ1) is 19.1. The van der Waals surface area contributed by atoms with E-state index in [1.807, 2.05) is 6.07 Å². The molecule has 14 heteroatoms. The molecule has 0 fully saturated rings. The summed E-state index contributed by atoms with van der Waals surface area (Å²) in [4.78, 5) is 31.4. The fourth-order valence-corrected chi connectivity index (χ4v) is 4.27. The van der Waals surface area contributed by atoms with Crippen LogP contribution in [0, 0.1) is 0 Å². The number of phenolic OH excluding ortho intramolecular Hbond substituents is 1. The molecule has 2 aromatic carbocycles. The zero-order valence-corrected chi connectivity index (χ0v) is 21.7. The number of anilines is 1. The molecule has 0 saturated carbocycles. The summed E-state index contributed by atoms with van der Waals surface area (Å²) < 4.78 is 0. The van der Waals surface area contributed by atoms with Crippen molar-refractivity contribution in [1.29, 1.82) is 0 Å². The lowest BCUT2D eigenvalue weighted by molar-refractivity contribution is -0.139. The number of aliphatic carboxylic acids is 1. The molecule has 214 valence electrons. The number of carbonyl (C=O) groups excluding carboxylic acids is 1. The summed E-state index contributed by atoms with van der Waals surface area (Å²) in [6, 6.07) is 9.71. The van der Waals surface area contributed by atoms with Crippen molar-refractivity contribution in [2.75, 3.05) is 31.5 Å². The maximum absolute atomic E-state index is 12.4. The highest BCUT2D eigenvalue weighted by Gasteiger charge is 2.24. The number of hydrogen-bond acceptors (Lipinski definition) is 11. The second-order valence-electron chi connectivity index (χ2n) is 9.46. The van der Waals surface area contributed by atoms with Crippen LogP contribution in [0.3, 0.4) is 0 Å². The fraction of sp³-hybridized carbons (Fsp3) is 0.346. The van der Waals surface area contributed by atoms with E-state index in [9.17, 15) is 35.1 Å². The Balaban J connectivity index is 1.29. The van der Waals surface area contributed by atoms with Gasteiger partial charge in [0.05, 0.1) is 24.9 Å². The third kappa shape index (κ3) is 7.18. The Bertz CT molecular complexity index is 1390. The number of guanidine groups is 1. The van der Waals surface area contributed by atoms with E-state index in [1.165, 1.54) is 12.1 Å². The molecule has 40 heavy (non-hydrogen) atoms. The van der Waals surface area contributed by atoms with Crippen LogP contribution < -0.4 is 26.6 Å². The van der Waals surface area contributed by atoms with Gasteiger partial charge in [0.1, 0.15) is 23.8 Å². The average molecular weight is 556 g/mol. The minimum atomic E-state index is -1.32. The Morgan fingerprint density at radius 1 is 1.18 bits per heavy atom. The third-order valence-electron chi connectivity index (χ3n) is 6.33. The summed E-state index contributed by atoms with van der Waals surface area (Å²) in [5.74, 6) is -1.46. The molecule has 0 radical (unpaired) electrons. The minimum absolute atomic E-state index is 0.0223. The number of nitrogens with zero attached hydrogens (tertiary/aromatic N) is 1. The number of carbonyl (C=O) groups is 2. The number of aliphatic hydroxyl groups excluding tert-OH is 2. The van der Waals surface area contributed by atoms with Gasteiger partial charge in [-0.15, -0.1) is 0 Å². The highest BCUT2D eigenvalue weighted by Crippen LogP contribution is 2.32. The number of aromatic hydroxyl groups is 2. The smallest absolute Gasteiger partial charge is 0.322 e. The Morgan fingerprint density at radius 3 is 2.65 bits per heavy atom. The van der Waals surface area contributed by atoms with Gasteiger partial charge in [0.2, 0.25) is 5.91 Å². The van der Waals surface area contributed by atoms with Gasteiger partial charge >= 0.3 is 5.97 Å². The van der Waals surface area contributed by atoms with Gasteiger partial charge in [-0.05, 0) is 31.2 Å². The number of carboxylic acids is 1. The number of aromatic amines is 1. The molecule has 1 aliphatic rings. The van der Waals surface area contributed by atoms with Gasteiger partial charge in [-0.25, -0.2) is 0 Å². The van der Waals surface area contributed by atoms with Crippen LogP contribution in [0.4, 0.5) is 5.69 Å². The number of H-pyrrole nitrogens is 1. The molecule has 1 aromatic heterocycles. The van der Waals surface area contributed by atoms with Crippen LogP contribution >= 0.6 is 0 Å². The molecule has 14 nitrogen and oxygen atoms in total. The Hall–Kier alpha value is -4.37. The Kier molecular flexibility index (Phi) is 9.06. The van der Waals surface area contributed by atoms with Crippen LogP contribution in [0.1, 0.15) is 30.5 Å². The van der Waals surface area contributed by atoms with E-state index in [0.29, 0.717) is 34.8 Å². The highest BCUT2D eigenvalue weighted by molar-refractivity contribution is 5.94. The fourth-order valence-electron chi connectivity index (χ4n) is 4.27. The van der Waals surface area contributed by atoms with Crippen molar-refractivity contribution in [3.8, 4) is 11.5 Å². The molecule has 0 spiro atoms. The molecule has 2 heterocycles. The summed E-state index contributed by atoms with van der Waals surface area (Å²) >= 11 is 0. The molecule has 0 aliphatic carbocycles. The predicted molar refractivity (Wildman–Crippen MR) is 147 cm³/mol. The number of hydrogen-bond donors (Lipinski definition) is 11. The van der Waals surface area contributed by atoms with Gasteiger partial charge in [0.15, 0.2) is 5.96 Å². The number of aromatic nitrogens is 1. The van der Waals surface area contributed by atoms with Gasteiger partial charge in [-0.1, -0.05) is 12.1 Å². The maximum Gasteiger partial charge on any atom is 0.322 e. The number of amides is 1. The predicted octanol–water partition coefficient (Wildman–Crippen LogP) is -0.188. The summed E-state index contributed by atoms with van der Waals surface area (Å²) in [5.41, 5.74) is 1.83. The van der Waals surface area contributed by atoms with E-state index in [4.69, 9.17) is 0 Å². The van der Waals surface area contributed by atoms with Gasteiger partial charge in [-0.3, -0.25) is 25.2 Å². The second-order valence-corrected chi connectivity index (χ2v) is 9.46. The number of aliphatic hydroxyl groups is 2. The number of para-hydroxylation sites is 1.